The number of aromatic amines is 1. The molecule has 2 N–H and O–H groups in total. The predicted molar refractivity (Wildman–Crippen MR) is 97.1 cm³/mol. The van der Waals surface area contributed by atoms with Crippen LogP contribution in [0.3, 0.4) is 0 Å². The maximum Gasteiger partial charge on any atom is 0.268 e. The molecule has 0 saturated heterocycles. The van der Waals surface area contributed by atoms with E-state index in [1.54, 1.807) is 6.92 Å². The van der Waals surface area contributed by atoms with Crippen LogP contribution in [-0.4, -0.2) is 16.3 Å². The number of H-pyrrole nitrogens is 1. The Labute approximate surface area is 146 Å². The average molecular weight is 382 g/mol. The zero-order valence-electron chi connectivity index (χ0n) is 12.7. The highest BCUT2D eigenvalue weighted by Gasteiger charge is 2.12. The van der Waals surface area contributed by atoms with Gasteiger partial charge in [-0.1, -0.05) is 40.2 Å². The first-order valence-electron chi connectivity index (χ1n) is 7.10. The minimum atomic E-state index is -0.612. The maximum atomic E-state index is 11.6. The number of fused-ring (bicyclic) bond motifs is 1. The number of aromatic hydroxyl groups is 1. The number of nitrogens with one attached hydrogen (secondary N) is 1. The number of pyridine rings is 1. The fourth-order valence-electron chi connectivity index (χ4n) is 2.51. The summed E-state index contributed by atoms with van der Waals surface area (Å²) in [6.07, 6.45) is 1.46. The summed E-state index contributed by atoms with van der Waals surface area (Å²) in [4.78, 5) is 18.3. The van der Waals surface area contributed by atoms with Crippen LogP contribution < -0.4 is 5.56 Å². The van der Waals surface area contributed by atoms with Gasteiger partial charge in [-0.2, -0.15) is 5.26 Å². The van der Waals surface area contributed by atoms with Crippen molar-refractivity contribution in [3.8, 4) is 11.9 Å². The molecule has 118 valence electrons. The average Bonchev–Trinajstić information content (AvgIpc) is 2.57. The first-order chi connectivity index (χ1) is 11.5. The van der Waals surface area contributed by atoms with E-state index in [1.165, 1.54) is 6.21 Å². The summed E-state index contributed by atoms with van der Waals surface area (Å²) in [6.45, 7) is 1.61. The molecule has 1 aromatic heterocycles. The summed E-state index contributed by atoms with van der Waals surface area (Å²) in [5.74, 6) is -0.304. The molecule has 5 nitrogen and oxygen atoms in total. The van der Waals surface area contributed by atoms with Gasteiger partial charge in [-0.05, 0) is 30.0 Å². The van der Waals surface area contributed by atoms with Crippen molar-refractivity contribution in [1.29, 1.82) is 5.26 Å². The lowest BCUT2D eigenvalue weighted by Crippen LogP contribution is -2.14. The number of aromatic nitrogens is 1. The van der Waals surface area contributed by atoms with E-state index in [0.29, 0.717) is 11.1 Å². The molecule has 0 fully saturated rings. The zero-order valence-corrected chi connectivity index (χ0v) is 14.3. The molecule has 0 atom stereocenters. The van der Waals surface area contributed by atoms with Crippen molar-refractivity contribution >= 4 is 38.6 Å². The van der Waals surface area contributed by atoms with E-state index < -0.39 is 5.56 Å². The van der Waals surface area contributed by atoms with Gasteiger partial charge in [0.05, 0.1) is 11.3 Å². The SMILES string of the molecule is Cc1c(C=Nc2ccc(Br)c3ccccc23)c(O)[nH]c(=O)c1C#N. The molecule has 24 heavy (non-hydrogen) atoms. The number of benzene rings is 2. The zero-order chi connectivity index (χ0) is 17.3. The third kappa shape index (κ3) is 2.70. The van der Waals surface area contributed by atoms with Gasteiger partial charge >= 0.3 is 0 Å². The largest absolute Gasteiger partial charge is 0.494 e. The number of aliphatic imine (C=N–C) groups is 1. The van der Waals surface area contributed by atoms with E-state index >= 15 is 0 Å². The van der Waals surface area contributed by atoms with Gasteiger partial charge in [0, 0.05) is 16.1 Å². The molecule has 0 unspecified atom stereocenters. The van der Waals surface area contributed by atoms with E-state index in [1.807, 2.05) is 42.5 Å². The smallest absolute Gasteiger partial charge is 0.268 e. The van der Waals surface area contributed by atoms with Crippen LogP contribution in [0.5, 0.6) is 5.88 Å². The summed E-state index contributed by atoms with van der Waals surface area (Å²) in [7, 11) is 0. The normalized spacial score (nSPS) is 11.0. The summed E-state index contributed by atoms with van der Waals surface area (Å²) in [5, 5.41) is 21.0. The van der Waals surface area contributed by atoms with Crippen molar-refractivity contribution in [2.75, 3.05) is 0 Å². The van der Waals surface area contributed by atoms with Crippen molar-refractivity contribution < 1.29 is 5.11 Å². The summed E-state index contributed by atoms with van der Waals surface area (Å²) in [6, 6.07) is 13.4. The number of rotatable bonds is 2. The van der Waals surface area contributed by atoms with Gasteiger partial charge < -0.3 is 5.11 Å². The van der Waals surface area contributed by atoms with Crippen LogP contribution in [-0.2, 0) is 0 Å². The van der Waals surface area contributed by atoms with Crippen LogP contribution in [0, 0.1) is 18.3 Å². The van der Waals surface area contributed by atoms with Crippen LogP contribution in [0.15, 0.2) is 50.7 Å². The molecule has 0 aliphatic rings. The van der Waals surface area contributed by atoms with E-state index in [0.717, 1.165) is 20.9 Å². The highest BCUT2D eigenvalue weighted by Crippen LogP contribution is 2.32. The highest BCUT2D eigenvalue weighted by molar-refractivity contribution is 9.10. The van der Waals surface area contributed by atoms with E-state index in [9.17, 15) is 9.90 Å². The number of hydrogen-bond acceptors (Lipinski definition) is 4. The van der Waals surface area contributed by atoms with Crippen molar-refractivity contribution in [3.05, 3.63) is 67.9 Å². The van der Waals surface area contributed by atoms with Gasteiger partial charge in [0.1, 0.15) is 11.6 Å². The molecule has 2 aromatic carbocycles. The topological polar surface area (TPSA) is 89.2 Å². The Balaban J connectivity index is 2.16. The lowest BCUT2D eigenvalue weighted by molar-refractivity contribution is 0.450. The van der Waals surface area contributed by atoms with Crippen LogP contribution in [0.2, 0.25) is 0 Å². The number of nitrogens with zero attached hydrogens (tertiary/aromatic N) is 2. The molecule has 0 radical (unpaired) electrons. The molecule has 0 aliphatic heterocycles. The second-order valence-electron chi connectivity index (χ2n) is 5.20. The Morgan fingerprint density at radius 3 is 2.67 bits per heavy atom. The summed E-state index contributed by atoms with van der Waals surface area (Å²) in [5.41, 5.74) is 0.785. The van der Waals surface area contributed by atoms with Crippen molar-refractivity contribution in [1.82, 2.24) is 4.98 Å². The molecular weight excluding hydrogens is 370 g/mol. The van der Waals surface area contributed by atoms with Crippen LogP contribution in [0.25, 0.3) is 10.8 Å². The highest BCUT2D eigenvalue weighted by atomic mass is 79.9. The fourth-order valence-corrected chi connectivity index (χ4v) is 2.98. The summed E-state index contributed by atoms with van der Waals surface area (Å²) >= 11 is 3.51. The molecule has 3 rings (SSSR count). The van der Waals surface area contributed by atoms with Gasteiger partial charge in [0.15, 0.2) is 0 Å². The Kier molecular flexibility index (Phi) is 4.19. The van der Waals surface area contributed by atoms with E-state index in [-0.39, 0.29) is 11.4 Å². The lowest BCUT2D eigenvalue weighted by atomic mass is 10.1. The predicted octanol–water partition coefficient (Wildman–Crippen LogP) is 3.93. The fraction of sp³-hybridized carbons (Fsp3) is 0.0556. The number of halogens is 1. The maximum absolute atomic E-state index is 11.6. The van der Waals surface area contributed by atoms with Gasteiger partial charge in [-0.15, -0.1) is 0 Å². The molecule has 6 heteroatoms. The standard InChI is InChI=1S/C18H12BrN3O2/c1-10-13(8-20)17(23)22-18(24)14(10)9-21-16-7-6-15(19)11-4-2-3-5-12(11)16/h2-7,9H,1H3,(H2,22,23,24). The first-order valence-corrected chi connectivity index (χ1v) is 7.89. The molecule has 0 saturated carbocycles. The molecule has 0 spiro atoms. The minimum Gasteiger partial charge on any atom is -0.494 e. The van der Waals surface area contributed by atoms with Crippen LogP contribution in [0.1, 0.15) is 16.7 Å². The van der Waals surface area contributed by atoms with Gasteiger partial charge in [0.2, 0.25) is 5.88 Å². The van der Waals surface area contributed by atoms with Gasteiger partial charge in [-0.3, -0.25) is 14.8 Å². The minimum absolute atomic E-state index is 0.0325. The van der Waals surface area contributed by atoms with Crippen molar-refractivity contribution in [2.45, 2.75) is 6.92 Å². The van der Waals surface area contributed by atoms with Gasteiger partial charge in [0.25, 0.3) is 5.56 Å². The molecule has 3 aromatic rings. The third-order valence-electron chi connectivity index (χ3n) is 3.79. The Hall–Kier alpha value is -2.91. The van der Waals surface area contributed by atoms with E-state index in [2.05, 4.69) is 25.9 Å². The quantitative estimate of drug-likeness (QED) is 0.659. The van der Waals surface area contributed by atoms with Crippen LogP contribution >= 0.6 is 15.9 Å². The first kappa shape index (κ1) is 16.0. The van der Waals surface area contributed by atoms with Gasteiger partial charge in [-0.25, -0.2) is 0 Å². The van der Waals surface area contributed by atoms with Crippen LogP contribution in [0.4, 0.5) is 5.69 Å². The number of nitriles is 1. The third-order valence-corrected chi connectivity index (χ3v) is 4.48. The van der Waals surface area contributed by atoms with Crippen molar-refractivity contribution in [2.24, 2.45) is 4.99 Å². The lowest BCUT2D eigenvalue weighted by Gasteiger charge is -2.06. The monoisotopic (exact) mass is 381 g/mol. The van der Waals surface area contributed by atoms with E-state index in [4.69, 9.17) is 5.26 Å². The Morgan fingerprint density at radius 2 is 1.96 bits per heavy atom. The molecule has 0 amide bonds. The Bertz CT molecular complexity index is 1080. The second-order valence-corrected chi connectivity index (χ2v) is 6.05. The molecule has 0 aliphatic carbocycles. The second kappa shape index (κ2) is 6.30. The molecular formula is C18H12BrN3O2. The van der Waals surface area contributed by atoms with Crippen molar-refractivity contribution in [3.63, 3.8) is 0 Å². The number of hydrogen-bond donors (Lipinski definition) is 2. The molecule has 0 bridgehead atoms. The Morgan fingerprint density at radius 1 is 1.25 bits per heavy atom. The summed E-state index contributed by atoms with van der Waals surface area (Å²) < 4.78 is 0.965. The molecule has 1 heterocycles.